The molecule has 2 rings (SSSR count). The van der Waals surface area contributed by atoms with E-state index in [4.69, 9.17) is 10.5 Å². The van der Waals surface area contributed by atoms with Crippen molar-refractivity contribution < 1.29 is 14.6 Å². The second-order valence-electron chi connectivity index (χ2n) is 3.98. The van der Waals surface area contributed by atoms with Gasteiger partial charge < -0.3 is 15.6 Å². The molecule has 0 aliphatic heterocycles. The summed E-state index contributed by atoms with van der Waals surface area (Å²) in [5.74, 6) is -0.767. The minimum atomic E-state index is -0.586. The van der Waals surface area contributed by atoms with Gasteiger partial charge in [0.1, 0.15) is 17.9 Å². The molecule has 0 unspecified atom stereocenters. The van der Waals surface area contributed by atoms with Crippen LogP contribution < -0.4 is 5.73 Å². The van der Waals surface area contributed by atoms with Gasteiger partial charge in [-0.15, -0.1) is 0 Å². The van der Waals surface area contributed by atoms with Crippen molar-refractivity contribution in [1.29, 1.82) is 0 Å². The summed E-state index contributed by atoms with van der Waals surface area (Å²) >= 11 is 3.34. The highest BCUT2D eigenvalue weighted by molar-refractivity contribution is 9.10. The molecule has 0 aliphatic rings. The van der Waals surface area contributed by atoms with Crippen molar-refractivity contribution in [1.82, 2.24) is 0 Å². The van der Waals surface area contributed by atoms with Crippen molar-refractivity contribution in [2.75, 3.05) is 5.73 Å². The largest absolute Gasteiger partial charge is 0.507 e. The van der Waals surface area contributed by atoms with E-state index in [-0.39, 0.29) is 17.9 Å². The molecular formula is C14H12BrNO3. The number of halogens is 1. The summed E-state index contributed by atoms with van der Waals surface area (Å²) in [5, 5.41) is 9.61. The normalized spacial score (nSPS) is 10.2. The molecule has 4 nitrogen and oxygen atoms in total. The monoisotopic (exact) mass is 321 g/mol. The first-order valence-corrected chi connectivity index (χ1v) is 6.35. The lowest BCUT2D eigenvalue weighted by Gasteiger charge is -2.07. The maximum Gasteiger partial charge on any atom is 0.342 e. The van der Waals surface area contributed by atoms with Gasteiger partial charge in [-0.1, -0.05) is 28.1 Å². The molecule has 0 spiro atoms. The topological polar surface area (TPSA) is 72.6 Å². The van der Waals surface area contributed by atoms with E-state index in [2.05, 4.69) is 15.9 Å². The molecule has 3 N–H and O–H groups in total. The molecule has 0 aliphatic carbocycles. The van der Waals surface area contributed by atoms with Crippen LogP contribution in [0.15, 0.2) is 46.9 Å². The first-order chi connectivity index (χ1) is 9.06. The number of hydrogen-bond acceptors (Lipinski definition) is 4. The molecule has 0 saturated heterocycles. The SMILES string of the molecule is Nc1ccc(C(=O)OCc2cccc(Br)c2)c(O)c1. The van der Waals surface area contributed by atoms with Crippen LogP contribution >= 0.6 is 15.9 Å². The third-order valence-electron chi connectivity index (χ3n) is 2.50. The first kappa shape index (κ1) is 13.4. The number of carbonyl (C=O) groups is 1. The van der Waals surface area contributed by atoms with Crippen LogP contribution in [0.2, 0.25) is 0 Å². The molecule has 0 fully saturated rings. The molecule has 19 heavy (non-hydrogen) atoms. The lowest BCUT2D eigenvalue weighted by atomic mass is 10.2. The fourth-order valence-corrected chi connectivity index (χ4v) is 2.02. The van der Waals surface area contributed by atoms with Gasteiger partial charge in [-0.3, -0.25) is 0 Å². The predicted molar refractivity (Wildman–Crippen MR) is 75.8 cm³/mol. The third kappa shape index (κ3) is 3.48. The third-order valence-corrected chi connectivity index (χ3v) is 2.99. The van der Waals surface area contributed by atoms with E-state index in [1.807, 2.05) is 24.3 Å². The molecule has 0 radical (unpaired) electrons. The standard InChI is InChI=1S/C14H12BrNO3/c15-10-3-1-2-9(6-10)8-19-14(18)12-5-4-11(16)7-13(12)17/h1-7,17H,8,16H2. The molecular weight excluding hydrogens is 310 g/mol. The average Bonchev–Trinajstić information content (AvgIpc) is 2.36. The minimum absolute atomic E-state index is 0.101. The molecule has 0 aromatic heterocycles. The zero-order valence-corrected chi connectivity index (χ0v) is 11.6. The maximum absolute atomic E-state index is 11.8. The van der Waals surface area contributed by atoms with E-state index in [1.165, 1.54) is 18.2 Å². The summed E-state index contributed by atoms with van der Waals surface area (Å²) in [6, 6.07) is 11.7. The number of nitrogens with two attached hydrogens (primary N) is 1. The Morgan fingerprint density at radius 2 is 2.05 bits per heavy atom. The lowest BCUT2D eigenvalue weighted by molar-refractivity contribution is 0.0469. The molecule has 0 atom stereocenters. The summed E-state index contributed by atoms with van der Waals surface area (Å²) in [5.41, 5.74) is 6.84. The van der Waals surface area contributed by atoms with Crippen LogP contribution in [-0.2, 0) is 11.3 Å². The molecule has 2 aromatic rings. The highest BCUT2D eigenvalue weighted by atomic mass is 79.9. The number of rotatable bonds is 3. The number of carbonyl (C=O) groups excluding carboxylic acids is 1. The van der Waals surface area contributed by atoms with Crippen molar-refractivity contribution in [3.8, 4) is 5.75 Å². The number of hydrogen-bond donors (Lipinski definition) is 2. The van der Waals surface area contributed by atoms with Crippen molar-refractivity contribution in [3.63, 3.8) is 0 Å². The van der Waals surface area contributed by atoms with Crippen LogP contribution in [0.3, 0.4) is 0 Å². The number of nitrogen functional groups attached to an aromatic ring is 1. The smallest absolute Gasteiger partial charge is 0.342 e. The number of benzene rings is 2. The molecule has 0 heterocycles. The Labute approximate surface area is 118 Å². The lowest BCUT2D eigenvalue weighted by Crippen LogP contribution is -2.05. The fraction of sp³-hybridized carbons (Fsp3) is 0.0714. The van der Waals surface area contributed by atoms with Gasteiger partial charge in [0, 0.05) is 16.2 Å². The highest BCUT2D eigenvalue weighted by Gasteiger charge is 2.12. The summed E-state index contributed by atoms with van der Waals surface area (Å²) in [7, 11) is 0. The van der Waals surface area contributed by atoms with Crippen LogP contribution in [0.5, 0.6) is 5.75 Å². The van der Waals surface area contributed by atoms with Crippen LogP contribution in [-0.4, -0.2) is 11.1 Å². The van der Waals surface area contributed by atoms with Crippen LogP contribution in [0.4, 0.5) is 5.69 Å². The molecule has 0 amide bonds. The maximum atomic E-state index is 11.8. The Morgan fingerprint density at radius 1 is 1.26 bits per heavy atom. The van der Waals surface area contributed by atoms with Crippen molar-refractivity contribution >= 4 is 27.6 Å². The highest BCUT2D eigenvalue weighted by Crippen LogP contribution is 2.21. The summed E-state index contributed by atoms with van der Waals surface area (Å²) < 4.78 is 6.04. The van der Waals surface area contributed by atoms with E-state index in [0.29, 0.717) is 5.69 Å². The zero-order chi connectivity index (χ0) is 13.8. The van der Waals surface area contributed by atoms with E-state index in [1.54, 1.807) is 0 Å². The number of aromatic hydroxyl groups is 1. The summed E-state index contributed by atoms with van der Waals surface area (Å²) in [6.07, 6.45) is 0. The van der Waals surface area contributed by atoms with Crippen LogP contribution in [0, 0.1) is 0 Å². The van der Waals surface area contributed by atoms with Crippen molar-refractivity contribution in [2.45, 2.75) is 6.61 Å². The molecule has 0 saturated carbocycles. The first-order valence-electron chi connectivity index (χ1n) is 5.56. The van der Waals surface area contributed by atoms with Crippen molar-refractivity contribution in [2.24, 2.45) is 0 Å². The zero-order valence-electron chi connectivity index (χ0n) is 9.97. The minimum Gasteiger partial charge on any atom is -0.507 e. The number of esters is 1. The van der Waals surface area contributed by atoms with E-state index in [9.17, 15) is 9.90 Å². The molecule has 98 valence electrons. The second kappa shape index (κ2) is 5.75. The molecule has 5 heteroatoms. The van der Waals surface area contributed by atoms with E-state index >= 15 is 0 Å². The number of phenolic OH excluding ortho intramolecular Hbond substituents is 1. The van der Waals surface area contributed by atoms with Gasteiger partial charge in [0.05, 0.1) is 0 Å². The predicted octanol–water partition coefficient (Wildman–Crippen LogP) is 3.09. The van der Waals surface area contributed by atoms with Gasteiger partial charge in [-0.25, -0.2) is 4.79 Å². The number of ether oxygens (including phenoxy) is 1. The molecule has 0 bridgehead atoms. The van der Waals surface area contributed by atoms with E-state index < -0.39 is 5.97 Å². The van der Waals surface area contributed by atoms with Crippen LogP contribution in [0.1, 0.15) is 15.9 Å². The van der Waals surface area contributed by atoms with Gasteiger partial charge >= 0.3 is 5.97 Å². The Balaban J connectivity index is 2.05. The fourth-order valence-electron chi connectivity index (χ4n) is 1.57. The summed E-state index contributed by atoms with van der Waals surface area (Å²) in [6.45, 7) is 0.141. The van der Waals surface area contributed by atoms with Gasteiger partial charge in [0.25, 0.3) is 0 Å². The molecule has 2 aromatic carbocycles. The Morgan fingerprint density at radius 3 is 2.74 bits per heavy atom. The van der Waals surface area contributed by atoms with Crippen LogP contribution in [0.25, 0.3) is 0 Å². The Hall–Kier alpha value is -2.01. The second-order valence-corrected chi connectivity index (χ2v) is 4.90. The number of anilines is 1. The Bertz CT molecular complexity index is 613. The van der Waals surface area contributed by atoms with Crippen molar-refractivity contribution in [3.05, 3.63) is 58.1 Å². The van der Waals surface area contributed by atoms with Gasteiger partial charge in [-0.2, -0.15) is 0 Å². The Kier molecular flexibility index (Phi) is 4.06. The number of phenols is 1. The van der Waals surface area contributed by atoms with Gasteiger partial charge in [0.2, 0.25) is 0 Å². The summed E-state index contributed by atoms with van der Waals surface area (Å²) in [4.78, 5) is 11.8. The van der Waals surface area contributed by atoms with Gasteiger partial charge in [0.15, 0.2) is 0 Å². The van der Waals surface area contributed by atoms with Gasteiger partial charge in [-0.05, 0) is 29.8 Å². The average molecular weight is 322 g/mol. The van der Waals surface area contributed by atoms with E-state index in [0.717, 1.165) is 10.0 Å². The quantitative estimate of drug-likeness (QED) is 0.673.